The molecule has 0 aliphatic rings. The highest BCUT2D eigenvalue weighted by Gasteiger charge is 2.13. The number of benzene rings is 1. The lowest BCUT2D eigenvalue weighted by Gasteiger charge is -2.10. The van der Waals surface area contributed by atoms with E-state index in [0.29, 0.717) is 12.0 Å². The van der Waals surface area contributed by atoms with Crippen LogP contribution in [0.3, 0.4) is 0 Å². The summed E-state index contributed by atoms with van der Waals surface area (Å²) in [7, 11) is -1.92. The van der Waals surface area contributed by atoms with E-state index in [1.807, 2.05) is 0 Å². The first-order valence-electron chi connectivity index (χ1n) is 5.41. The second kappa shape index (κ2) is 6.06. The zero-order valence-electron chi connectivity index (χ0n) is 10.2. The molecule has 18 heavy (non-hydrogen) atoms. The van der Waals surface area contributed by atoms with Gasteiger partial charge in [-0.25, -0.2) is 8.42 Å². The summed E-state index contributed by atoms with van der Waals surface area (Å²) in [6.07, 6.45) is 0.502. The molecule has 1 rings (SSSR count). The van der Waals surface area contributed by atoms with Crippen LogP contribution in [0.2, 0.25) is 5.02 Å². The molecule has 1 aromatic carbocycles. The van der Waals surface area contributed by atoms with E-state index in [1.165, 1.54) is 25.2 Å². The van der Waals surface area contributed by atoms with Crippen LogP contribution in [0.15, 0.2) is 18.2 Å². The van der Waals surface area contributed by atoms with E-state index >= 15 is 0 Å². The molecule has 0 aliphatic carbocycles. The topological polar surface area (TPSA) is 75.3 Å². The molecule has 0 radical (unpaired) electrons. The second-order valence-corrected chi connectivity index (χ2v) is 5.94. The highest BCUT2D eigenvalue weighted by atomic mass is 35.5. The van der Waals surface area contributed by atoms with Crippen LogP contribution in [0.4, 0.5) is 5.69 Å². The average molecular weight is 291 g/mol. The molecule has 0 fully saturated rings. The highest BCUT2D eigenvalue weighted by molar-refractivity contribution is 7.92. The van der Waals surface area contributed by atoms with E-state index in [9.17, 15) is 13.2 Å². The molecule has 0 saturated heterocycles. The minimum atomic E-state index is -3.42. The van der Waals surface area contributed by atoms with Gasteiger partial charge >= 0.3 is 0 Å². The number of rotatable bonds is 5. The Labute approximate surface area is 112 Å². The van der Waals surface area contributed by atoms with Gasteiger partial charge in [0.15, 0.2) is 0 Å². The third-order valence-corrected chi connectivity index (χ3v) is 4.00. The molecule has 0 spiro atoms. The zero-order chi connectivity index (χ0) is 13.8. The molecular formula is C11H15ClN2O3S. The van der Waals surface area contributed by atoms with Crippen LogP contribution < -0.4 is 10.0 Å². The Morgan fingerprint density at radius 1 is 1.39 bits per heavy atom. The SMILES string of the molecule is CCCS(=O)(=O)Nc1cc(C(=O)NC)ccc1Cl. The predicted octanol–water partition coefficient (Wildman–Crippen LogP) is 1.85. The standard InChI is InChI=1S/C11H15ClN2O3S/c1-3-6-18(16,17)14-10-7-8(11(15)13-2)4-5-9(10)12/h4-5,7,14H,3,6H2,1-2H3,(H,13,15). The van der Waals surface area contributed by atoms with Crippen molar-refractivity contribution in [1.29, 1.82) is 0 Å². The molecule has 7 heteroatoms. The summed E-state index contributed by atoms with van der Waals surface area (Å²) in [5, 5.41) is 2.71. The Bertz CT molecular complexity index is 543. The van der Waals surface area contributed by atoms with Crippen LogP contribution in [-0.4, -0.2) is 27.1 Å². The van der Waals surface area contributed by atoms with Crippen LogP contribution >= 0.6 is 11.6 Å². The molecule has 0 bridgehead atoms. The second-order valence-electron chi connectivity index (χ2n) is 3.69. The van der Waals surface area contributed by atoms with E-state index < -0.39 is 10.0 Å². The van der Waals surface area contributed by atoms with Crippen LogP contribution in [-0.2, 0) is 10.0 Å². The Balaban J connectivity index is 3.05. The van der Waals surface area contributed by atoms with Crippen LogP contribution in [0.1, 0.15) is 23.7 Å². The summed E-state index contributed by atoms with van der Waals surface area (Å²) in [5.74, 6) is -0.296. The van der Waals surface area contributed by atoms with E-state index in [-0.39, 0.29) is 22.4 Å². The fraction of sp³-hybridized carbons (Fsp3) is 0.364. The van der Waals surface area contributed by atoms with Crippen molar-refractivity contribution < 1.29 is 13.2 Å². The van der Waals surface area contributed by atoms with Gasteiger partial charge < -0.3 is 5.32 Å². The fourth-order valence-corrected chi connectivity index (χ4v) is 2.74. The summed E-state index contributed by atoms with van der Waals surface area (Å²) in [6, 6.07) is 4.42. The van der Waals surface area contributed by atoms with Crippen molar-refractivity contribution in [2.24, 2.45) is 0 Å². The molecular weight excluding hydrogens is 276 g/mol. The number of halogens is 1. The molecule has 5 nitrogen and oxygen atoms in total. The number of carbonyl (C=O) groups excluding carboxylic acids is 1. The Morgan fingerprint density at radius 3 is 2.61 bits per heavy atom. The lowest BCUT2D eigenvalue weighted by molar-refractivity contribution is 0.0963. The number of hydrogen-bond acceptors (Lipinski definition) is 3. The van der Waals surface area contributed by atoms with Gasteiger partial charge in [-0.15, -0.1) is 0 Å². The first kappa shape index (κ1) is 14.8. The first-order chi connectivity index (χ1) is 8.39. The van der Waals surface area contributed by atoms with Crippen molar-refractivity contribution in [1.82, 2.24) is 5.32 Å². The molecule has 0 heterocycles. The number of nitrogens with one attached hydrogen (secondary N) is 2. The van der Waals surface area contributed by atoms with Crippen LogP contribution in [0.25, 0.3) is 0 Å². The molecule has 1 aromatic rings. The van der Waals surface area contributed by atoms with E-state index in [1.54, 1.807) is 6.92 Å². The smallest absolute Gasteiger partial charge is 0.251 e. The monoisotopic (exact) mass is 290 g/mol. The van der Waals surface area contributed by atoms with Gasteiger partial charge in [-0.1, -0.05) is 18.5 Å². The maximum Gasteiger partial charge on any atom is 0.251 e. The maximum atomic E-state index is 11.6. The third-order valence-electron chi connectivity index (χ3n) is 2.19. The van der Waals surface area contributed by atoms with Crippen molar-refractivity contribution >= 4 is 33.2 Å². The van der Waals surface area contributed by atoms with E-state index in [0.717, 1.165) is 0 Å². The van der Waals surface area contributed by atoms with E-state index in [4.69, 9.17) is 11.6 Å². The third kappa shape index (κ3) is 3.89. The van der Waals surface area contributed by atoms with Crippen molar-refractivity contribution in [2.75, 3.05) is 17.5 Å². The Morgan fingerprint density at radius 2 is 2.06 bits per heavy atom. The van der Waals surface area contributed by atoms with E-state index in [2.05, 4.69) is 10.0 Å². The first-order valence-corrected chi connectivity index (χ1v) is 7.44. The summed E-state index contributed by atoms with van der Waals surface area (Å²) in [4.78, 5) is 11.4. The van der Waals surface area contributed by atoms with Gasteiger partial charge in [-0.3, -0.25) is 9.52 Å². The number of sulfonamides is 1. The molecule has 0 saturated carbocycles. The van der Waals surface area contributed by atoms with Crippen molar-refractivity contribution in [2.45, 2.75) is 13.3 Å². The lowest BCUT2D eigenvalue weighted by Crippen LogP contribution is -2.19. The molecule has 0 aliphatic heterocycles. The van der Waals surface area contributed by atoms with Gasteiger partial charge in [0, 0.05) is 12.6 Å². The van der Waals surface area contributed by atoms with Gasteiger partial charge in [-0.05, 0) is 24.6 Å². The zero-order valence-corrected chi connectivity index (χ0v) is 11.7. The summed E-state index contributed by atoms with van der Waals surface area (Å²) < 4.78 is 25.6. The Hall–Kier alpha value is -1.27. The molecule has 100 valence electrons. The summed E-state index contributed by atoms with van der Waals surface area (Å²) in [6.45, 7) is 1.77. The molecule has 0 atom stereocenters. The minimum absolute atomic E-state index is 0.00747. The number of amides is 1. The molecule has 0 unspecified atom stereocenters. The lowest BCUT2D eigenvalue weighted by atomic mass is 10.2. The molecule has 1 amide bonds. The largest absolute Gasteiger partial charge is 0.355 e. The summed E-state index contributed by atoms with van der Waals surface area (Å²) >= 11 is 5.89. The van der Waals surface area contributed by atoms with Crippen molar-refractivity contribution in [3.05, 3.63) is 28.8 Å². The van der Waals surface area contributed by atoms with Crippen molar-refractivity contribution in [3.63, 3.8) is 0 Å². The maximum absolute atomic E-state index is 11.6. The normalized spacial score (nSPS) is 11.1. The van der Waals surface area contributed by atoms with Gasteiger partial charge in [0.2, 0.25) is 10.0 Å². The van der Waals surface area contributed by atoms with Crippen LogP contribution in [0.5, 0.6) is 0 Å². The average Bonchev–Trinajstić information content (AvgIpc) is 2.30. The number of hydrogen-bond donors (Lipinski definition) is 2. The van der Waals surface area contributed by atoms with Gasteiger partial charge in [0.1, 0.15) is 0 Å². The quantitative estimate of drug-likeness (QED) is 0.869. The van der Waals surface area contributed by atoms with Crippen molar-refractivity contribution in [3.8, 4) is 0 Å². The predicted molar refractivity (Wildman–Crippen MR) is 72.5 cm³/mol. The fourth-order valence-electron chi connectivity index (χ4n) is 1.38. The molecule has 0 aromatic heterocycles. The Kier molecular flexibility index (Phi) is 4.98. The number of anilines is 1. The highest BCUT2D eigenvalue weighted by Crippen LogP contribution is 2.24. The summed E-state index contributed by atoms with van der Waals surface area (Å²) in [5.41, 5.74) is 0.558. The minimum Gasteiger partial charge on any atom is -0.355 e. The van der Waals surface area contributed by atoms with Gasteiger partial charge in [0.25, 0.3) is 5.91 Å². The van der Waals surface area contributed by atoms with Gasteiger partial charge in [0.05, 0.1) is 16.5 Å². The van der Waals surface area contributed by atoms with Gasteiger partial charge in [-0.2, -0.15) is 0 Å². The number of carbonyl (C=O) groups is 1. The molecule has 2 N–H and O–H groups in total. The van der Waals surface area contributed by atoms with Crippen LogP contribution in [0, 0.1) is 0 Å².